The molecule has 1 fully saturated rings. The van der Waals surface area contributed by atoms with E-state index in [0.29, 0.717) is 5.69 Å². The van der Waals surface area contributed by atoms with E-state index in [1.165, 1.54) is 36.0 Å². The highest BCUT2D eigenvalue weighted by Gasteiger charge is 2.40. The third-order valence-corrected chi connectivity index (χ3v) is 4.41. The summed E-state index contributed by atoms with van der Waals surface area (Å²) in [4.78, 5) is 26.6. The van der Waals surface area contributed by atoms with Crippen LogP contribution in [-0.2, 0) is 9.59 Å². The summed E-state index contributed by atoms with van der Waals surface area (Å²) >= 11 is 1.38. The highest BCUT2D eigenvalue weighted by atomic mass is 32.2. The van der Waals surface area contributed by atoms with E-state index in [2.05, 4.69) is 0 Å². The largest absolute Gasteiger partial charge is 0.274 e. The predicted octanol–water partition coefficient (Wildman–Crippen LogP) is 3.25. The van der Waals surface area contributed by atoms with Crippen LogP contribution in [0.5, 0.6) is 0 Å². The second-order valence-electron chi connectivity index (χ2n) is 4.67. The molecule has 2 amide bonds. The summed E-state index contributed by atoms with van der Waals surface area (Å²) < 4.78 is 12.9. The third-order valence-electron chi connectivity index (χ3n) is 3.21. The quantitative estimate of drug-likeness (QED) is 0.817. The molecule has 1 heterocycles. The number of carbonyl (C=O) groups is 2. The average Bonchev–Trinajstić information content (AvgIpc) is 2.76. The van der Waals surface area contributed by atoms with Gasteiger partial charge in [0, 0.05) is 11.3 Å². The van der Waals surface area contributed by atoms with Crippen molar-refractivity contribution in [2.45, 2.75) is 16.6 Å². The van der Waals surface area contributed by atoms with E-state index in [1.807, 2.05) is 30.3 Å². The van der Waals surface area contributed by atoms with Gasteiger partial charge >= 0.3 is 0 Å². The summed E-state index contributed by atoms with van der Waals surface area (Å²) in [6.45, 7) is 0. The van der Waals surface area contributed by atoms with Gasteiger partial charge in [0.25, 0.3) is 0 Å². The maximum atomic E-state index is 12.9. The lowest BCUT2D eigenvalue weighted by atomic mass is 10.3. The van der Waals surface area contributed by atoms with Crippen LogP contribution < -0.4 is 4.90 Å². The van der Waals surface area contributed by atoms with Crippen molar-refractivity contribution in [2.75, 3.05) is 4.90 Å². The molecule has 2 aromatic rings. The van der Waals surface area contributed by atoms with Crippen molar-refractivity contribution in [2.24, 2.45) is 0 Å². The molecule has 2 aromatic carbocycles. The number of hydrogen-bond donors (Lipinski definition) is 0. The van der Waals surface area contributed by atoms with Gasteiger partial charge in [-0.25, -0.2) is 9.29 Å². The van der Waals surface area contributed by atoms with Gasteiger partial charge in [-0.1, -0.05) is 18.2 Å². The second kappa shape index (κ2) is 5.69. The van der Waals surface area contributed by atoms with Gasteiger partial charge in [-0.15, -0.1) is 11.8 Å². The third kappa shape index (κ3) is 2.83. The molecule has 0 aromatic heterocycles. The topological polar surface area (TPSA) is 37.4 Å². The Labute approximate surface area is 125 Å². The molecule has 1 saturated heterocycles. The molecule has 3 rings (SSSR count). The number of rotatable bonds is 3. The Morgan fingerprint density at radius 3 is 2.33 bits per heavy atom. The molecule has 0 N–H and O–H groups in total. The fraction of sp³-hybridized carbons (Fsp3) is 0.125. The molecule has 0 unspecified atom stereocenters. The second-order valence-corrected chi connectivity index (χ2v) is 5.94. The molecule has 3 nitrogen and oxygen atoms in total. The highest BCUT2D eigenvalue weighted by Crippen LogP contribution is 2.33. The van der Waals surface area contributed by atoms with Gasteiger partial charge in [0.1, 0.15) is 5.82 Å². The van der Waals surface area contributed by atoms with Gasteiger partial charge in [-0.3, -0.25) is 9.59 Å². The molecule has 1 atom stereocenters. The number of hydrogen-bond acceptors (Lipinski definition) is 3. The summed E-state index contributed by atoms with van der Waals surface area (Å²) in [5.41, 5.74) is 0.419. The zero-order chi connectivity index (χ0) is 14.8. The summed E-state index contributed by atoms with van der Waals surface area (Å²) in [5, 5.41) is -0.426. The van der Waals surface area contributed by atoms with Gasteiger partial charge in [0.2, 0.25) is 11.8 Å². The number of nitrogens with zero attached hydrogens (tertiary/aromatic N) is 1. The predicted molar refractivity (Wildman–Crippen MR) is 79.6 cm³/mol. The Bertz CT molecular complexity index is 672. The lowest BCUT2D eigenvalue weighted by Crippen LogP contribution is -2.31. The van der Waals surface area contributed by atoms with Crippen LogP contribution in [0.3, 0.4) is 0 Å². The van der Waals surface area contributed by atoms with Crippen molar-refractivity contribution in [3.63, 3.8) is 0 Å². The molecule has 0 aliphatic carbocycles. The van der Waals surface area contributed by atoms with Crippen molar-refractivity contribution in [3.8, 4) is 0 Å². The van der Waals surface area contributed by atoms with Gasteiger partial charge in [-0.2, -0.15) is 0 Å². The van der Waals surface area contributed by atoms with Crippen LogP contribution >= 0.6 is 11.8 Å². The van der Waals surface area contributed by atoms with E-state index < -0.39 is 11.1 Å². The first-order valence-electron chi connectivity index (χ1n) is 6.49. The van der Waals surface area contributed by atoms with E-state index in [1.54, 1.807) is 0 Å². The van der Waals surface area contributed by atoms with Crippen molar-refractivity contribution in [1.82, 2.24) is 0 Å². The van der Waals surface area contributed by atoms with Crippen molar-refractivity contribution in [3.05, 3.63) is 60.4 Å². The molecule has 1 aliphatic rings. The lowest BCUT2D eigenvalue weighted by molar-refractivity contribution is -0.121. The molecule has 0 spiro atoms. The lowest BCUT2D eigenvalue weighted by Gasteiger charge is -2.14. The first kappa shape index (κ1) is 13.8. The van der Waals surface area contributed by atoms with Crippen LogP contribution in [0.2, 0.25) is 0 Å². The van der Waals surface area contributed by atoms with E-state index >= 15 is 0 Å². The average molecular weight is 301 g/mol. The number of imide groups is 1. The van der Waals surface area contributed by atoms with Crippen molar-refractivity contribution in [1.29, 1.82) is 0 Å². The normalized spacial score (nSPS) is 18.3. The standard InChI is InChI=1S/C16H12FNO2S/c17-11-6-8-12(9-7-11)18-15(19)10-14(16(18)20)21-13-4-2-1-3-5-13/h1-9,14H,10H2/t14-/m1/s1. The number of amides is 2. The van der Waals surface area contributed by atoms with Crippen LogP contribution in [-0.4, -0.2) is 17.1 Å². The molecule has 0 bridgehead atoms. The molecular formula is C16H12FNO2S. The smallest absolute Gasteiger partial charge is 0.247 e. The van der Waals surface area contributed by atoms with Gasteiger partial charge in [-0.05, 0) is 36.4 Å². The monoisotopic (exact) mass is 301 g/mol. The fourth-order valence-electron chi connectivity index (χ4n) is 2.22. The Balaban J connectivity index is 1.80. The summed E-state index contributed by atoms with van der Waals surface area (Å²) in [6.07, 6.45) is 0.162. The van der Waals surface area contributed by atoms with Gasteiger partial charge in [0.15, 0.2) is 0 Å². The zero-order valence-electron chi connectivity index (χ0n) is 11.0. The molecular weight excluding hydrogens is 289 g/mol. The Hall–Kier alpha value is -2.14. The number of halogens is 1. The van der Waals surface area contributed by atoms with Crippen LogP contribution in [0.1, 0.15) is 6.42 Å². The first-order chi connectivity index (χ1) is 10.1. The molecule has 1 aliphatic heterocycles. The number of anilines is 1. The number of benzene rings is 2. The molecule has 0 radical (unpaired) electrons. The Kier molecular flexibility index (Phi) is 3.75. The maximum absolute atomic E-state index is 12.9. The summed E-state index contributed by atoms with van der Waals surface area (Å²) in [5.74, 6) is -0.895. The Morgan fingerprint density at radius 2 is 1.67 bits per heavy atom. The fourth-order valence-corrected chi connectivity index (χ4v) is 3.30. The van der Waals surface area contributed by atoms with E-state index in [0.717, 1.165) is 9.80 Å². The zero-order valence-corrected chi connectivity index (χ0v) is 11.8. The summed E-state index contributed by atoms with van der Waals surface area (Å²) in [6, 6.07) is 14.9. The van der Waals surface area contributed by atoms with Gasteiger partial charge in [0.05, 0.1) is 10.9 Å². The van der Waals surface area contributed by atoms with Crippen LogP contribution in [0.25, 0.3) is 0 Å². The van der Waals surface area contributed by atoms with Crippen molar-refractivity contribution >= 4 is 29.3 Å². The molecule has 5 heteroatoms. The minimum Gasteiger partial charge on any atom is -0.274 e. The van der Waals surface area contributed by atoms with Crippen LogP contribution in [0.4, 0.5) is 10.1 Å². The van der Waals surface area contributed by atoms with Crippen LogP contribution in [0, 0.1) is 5.82 Å². The first-order valence-corrected chi connectivity index (χ1v) is 7.37. The SMILES string of the molecule is O=C1C[C@@H](Sc2ccccc2)C(=O)N1c1ccc(F)cc1. The molecule has 106 valence electrons. The molecule has 21 heavy (non-hydrogen) atoms. The van der Waals surface area contributed by atoms with E-state index in [-0.39, 0.29) is 18.2 Å². The van der Waals surface area contributed by atoms with E-state index in [9.17, 15) is 14.0 Å². The maximum Gasteiger partial charge on any atom is 0.247 e. The number of carbonyl (C=O) groups excluding carboxylic acids is 2. The van der Waals surface area contributed by atoms with E-state index in [4.69, 9.17) is 0 Å². The molecule has 0 saturated carbocycles. The minimum atomic E-state index is -0.426. The highest BCUT2D eigenvalue weighted by molar-refractivity contribution is 8.00. The Morgan fingerprint density at radius 1 is 1.00 bits per heavy atom. The minimum absolute atomic E-state index is 0.162. The van der Waals surface area contributed by atoms with Crippen LogP contribution in [0.15, 0.2) is 59.5 Å². The van der Waals surface area contributed by atoms with Gasteiger partial charge < -0.3 is 0 Å². The summed E-state index contributed by atoms with van der Waals surface area (Å²) in [7, 11) is 0. The van der Waals surface area contributed by atoms with Crippen molar-refractivity contribution < 1.29 is 14.0 Å². The number of thioether (sulfide) groups is 1.